The lowest BCUT2D eigenvalue weighted by Crippen LogP contribution is -2.39. The summed E-state index contributed by atoms with van der Waals surface area (Å²) < 4.78 is 26.5. The molecule has 0 heterocycles. The number of aliphatic carboxylic acids is 1. The standard InChI is InChI=1S/C13H18N2O5S/c1-8(13(17)18)9(2)15-21(19,20)11-6-4-10(5-7-11)12(16)14-3/h4-9,15H,1-3H3,(H,14,16)(H,17,18). The average Bonchev–Trinajstić information content (AvgIpc) is 2.45. The fraction of sp³-hybridized carbons (Fsp3) is 0.385. The maximum atomic E-state index is 12.1. The van der Waals surface area contributed by atoms with E-state index in [4.69, 9.17) is 5.11 Å². The second-order valence-corrected chi connectivity index (χ2v) is 6.35. The molecule has 0 saturated heterocycles. The number of hydrogen-bond donors (Lipinski definition) is 3. The van der Waals surface area contributed by atoms with E-state index >= 15 is 0 Å². The summed E-state index contributed by atoms with van der Waals surface area (Å²) >= 11 is 0. The number of nitrogens with one attached hydrogen (secondary N) is 2. The lowest BCUT2D eigenvalue weighted by atomic mass is 10.1. The van der Waals surface area contributed by atoms with Gasteiger partial charge < -0.3 is 10.4 Å². The molecule has 2 atom stereocenters. The first-order chi connectivity index (χ1) is 9.69. The Kier molecular flexibility index (Phi) is 5.45. The van der Waals surface area contributed by atoms with E-state index in [9.17, 15) is 18.0 Å². The van der Waals surface area contributed by atoms with E-state index in [0.29, 0.717) is 5.56 Å². The number of hydrogen-bond acceptors (Lipinski definition) is 4. The van der Waals surface area contributed by atoms with Crippen LogP contribution in [-0.4, -0.2) is 38.5 Å². The number of carboxylic acids is 1. The van der Waals surface area contributed by atoms with Crippen LogP contribution in [0.25, 0.3) is 0 Å². The van der Waals surface area contributed by atoms with Crippen LogP contribution in [0.3, 0.4) is 0 Å². The third kappa shape index (κ3) is 4.27. The van der Waals surface area contributed by atoms with Crippen molar-refractivity contribution in [2.45, 2.75) is 24.8 Å². The number of carbonyl (C=O) groups is 2. The summed E-state index contributed by atoms with van der Waals surface area (Å²) in [4.78, 5) is 22.2. The molecule has 3 N–H and O–H groups in total. The first-order valence-corrected chi connectivity index (χ1v) is 7.74. The minimum absolute atomic E-state index is 0.0282. The van der Waals surface area contributed by atoms with E-state index < -0.39 is 28.0 Å². The number of sulfonamides is 1. The summed E-state index contributed by atoms with van der Waals surface area (Å²) in [5.74, 6) is -2.26. The van der Waals surface area contributed by atoms with Crippen LogP contribution in [0.15, 0.2) is 29.2 Å². The van der Waals surface area contributed by atoms with Crippen molar-refractivity contribution >= 4 is 21.9 Å². The van der Waals surface area contributed by atoms with Gasteiger partial charge in [0.05, 0.1) is 10.8 Å². The molecule has 0 aliphatic carbocycles. The highest BCUT2D eigenvalue weighted by molar-refractivity contribution is 7.89. The van der Waals surface area contributed by atoms with Crippen LogP contribution in [0.5, 0.6) is 0 Å². The van der Waals surface area contributed by atoms with Crippen LogP contribution < -0.4 is 10.0 Å². The van der Waals surface area contributed by atoms with Crippen molar-refractivity contribution in [2.24, 2.45) is 5.92 Å². The zero-order valence-corrected chi connectivity index (χ0v) is 12.8. The van der Waals surface area contributed by atoms with Gasteiger partial charge in [-0.1, -0.05) is 6.92 Å². The van der Waals surface area contributed by atoms with Crippen molar-refractivity contribution < 1.29 is 23.1 Å². The largest absolute Gasteiger partial charge is 0.481 e. The number of rotatable bonds is 6. The van der Waals surface area contributed by atoms with Crippen molar-refractivity contribution in [3.8, 4) is 0 Å². The zero-order valence-electron chi connectivity index (χ0n) is 12.0. The van der Waals surface area contributed by atoms with E-state index in [2.05, 4.69) is 10.0 Å². The predicted octanol–water partition coefficient (Wildman–Crippen LogP) is 0.434. The van der Waals surface area contributed by atoms with E-state index in [1.165, 1.54) is 45.2 Å². The molecule has 1 rings (SSSR count). The normalized spacial score (nSPS) is 14.2. The SMILES string of the molecule is CNC(=O)c1ccc(S(=O)(=O)NC(C)C(C)C(=O)O)cc1. The van der Waals surface area contributed by atoms with E-state index in [1.54, 1.807) is 0 Å². The molecule has 0 bridgehead atoms. The molecule has 2 unspecified atom stereocenters. The van der Waals surface area contributed by atoms with Gasteiger partial charge in [-0.25, -0.2) is 13.1 Å². The molecule has 0 aromatic heterocycles. The van der Waals surface area contributed by atoms with Crippen molar-refractivity contribution in [2.75, 3.05) is 7.05 Å². The molecular formula is C13H18N2O5S. The van der Waals surface area contributed by atoms with Gasteiger partial charge in [0.2, 0.25) is 10.0 Å². The van der Waals surface area contributed by atoms with Gasteiger partial charge in [-0.3, -0.25) is 9.59 Å². The Morgan fingerprint density at radius 2 is 1.67 bits per heavy atom. The summed E-state index contributed by atoms with van der Waals surface area (Å²) in [6, 6.07) is 4.61. The third-order valence-electron chi connectivity index (χ3n) is 3.13. The molecule has 0 aliphatic heterocycles. The Bertz CT molecular complexity index is 624. The van der Waals surface area contributed by atoms with Crippen molar-refractivity contribution in [1.29, 1.82) is 0 Å². The molecule has 7 nitrogen and oxygen atoms in total. The maximum absolute atomic E-state index is 12.1. The Morgan fingerprint density at radius 3 is 2.10 bits per heavy atom. The molecule has 8 heteroatoms. The van der Waals surface area contributed by atoms with Gasteiger partial charge in [0, 0.05) is 18.7 Å². The highest BCUT2D eigenvalue weighted by atomic mass is 32.2. The Balaban J connectivity index is 2.93. The van der Waals surface area contributed by atoms with E-state index in [1.807, 2.05) is 0 Å². The summed E-state index contributed by atoms with van der Waals surface area (Å²) in [7, 11) is -2.36. The number of amides is 1. The quantitative estimate of drug-likeness (QED) is 0.705. The molecule has 0 radical (unpaired) electrons. The van der Waals surface area contributed by atoms with Gasteiger partial charge in [-0.2, -0.15) is 0 Å². The van der Waals surface area contributed by atoms with Gasteiger partial charge in [0.15, 0.2) is 0 Å². The Hall–Kier alpha value is -1.93. The second kappa shape index (κ2) is 6.68. The number of carboxylic acid groups (broad SMARTS) is 1. The molecule has 1 amide bonds. The zero-order chi connectivity index (χ0) is 16.2. The van der Waals surface area contributed by atoms with Gasteiger partial charge >= 0.3 is 5.97 Å². The Morgan fingerprint density at radius 1 is 1.14 bits per heavy atom. The fourth-order valence-electron chi connectivity index (χ4n) is 1.56. The maximum Gasteiger partial charge on any atom is 0.307 e. The summed E-state index contributed by atoms with van der Waals surface area (Å²) in [6.45, 7) is 2.90. The monoisotopic (exact) mass is 314 g/mol. The molecule has 116 valence electrons. The highest BCUT2D eigenvalue weighted by Crippen LogP contribution is 2.13. The molecule has 0 aliphatic rings. The minimum Gasteiger partial charge on any atom is -0.481 e. The number of benzene rings is 1. The first kappa shape index (κ1) is 17.1. The van der Waals surface area contributed by atoms with Crippen LogP contribution >= 0.6 is 0 Å². The minimum atomic E-state index is -3.83. The molecular weight excluding hydrogens is 296 g/mol. The van der Waals surface area contributed by atoms with Crippen molar-refractivity contribution in [1.82, 2.24) is 10.0 Å². The van der Waals surface area contributed by atoms with Gasteiger partial charge in [-0.05, 0) is 31.2 Å². The summed E-state index contributed by atoms with van der Waals surface area (Å²) in [6.07, 6.45) is 0. The lowest BCUT2D eigenvalue weighted by Gasteiger charge is -2.17. The van der Waals surface area contributed by atoms with Crippen LogP contribution in [0.4, 0.5) is 0 Å². The second-order valence-electron chi connectivity index (χ2n) is 4.64. The summed E-state index contributed by atoms with van der Waals surface area (Å²) in [5, 5.41) is 11.3. The van der Waals surface area contributed by atoms with Gasteiger partial charge in [0.1, 0.15) is 0 Å². The first-order valence-electron chi connectivity index (χ1n) is 6.26. The van der Waals surface area contributed by atoms with Crippen molar-refractivity contribution in [3.63, 3.8) is 0 Å². The van der Waals surface area contributed by atoms with Crippen LogP contribution in [-0.2, 0) is 14.8 Å². The molecule has 0 fully saturated rings. The van der Waals surface area contributed by atoms with Crippen LogP contribution in [0.2, 0.25) is 0 Å². The molecule has 0 spiro atoms. The fourth-order valence-corrected chi connectivity index (χ4v) is 2.88. The van der Waals surface area contributed by atoms with Gasteiger partial charge in [0.25, 0.3) is 5.91 Å². The molecule has 21 heavy (non-hydrogen) atoms. The molecule has 1 aromatic carbocycles. The van der Waals surface area contributed by atoms with Gasteiger partial charge in [-0.15, -0.1) is 0 Å². The van der Waals surface area contributed by atoms with Crippen LogP contribution in [0.1, 0.15) is 24.2 Å². The van der Waals surface area contributed by atoms with E-state index in [0.717, 1.165) is 0 Å². The predicted molar refractivity (Wildman–Crippen MR) is 76.4 cm³/mol. The summed E-state index contributed by atoms with van der Waals surface area (Å²) in [5.41, 5.74) is 0.336. The Labute approximate surface area is 123 Å². The molecule has 1 aromatic rings. The highest BCUT2D eigenvalue weighted by Gasteiger charge is 2.25. The average molecular weight is 314 g/mol. The van der Waals surface area contributed by atoms with Crippen molar-refractivity contribution in [3.05, 3.63) is 29.8 Å². The number of carbonyl (C=O) groups excluding carboxylic acids is 1. The lowest BCUT2D eigenvalue weighted by molar-refractivity contribution is -0.141. The topological polar surface area (TPSA) is 113 Å². The van der Waals surface area contributed by atoms with Crippen LogP contribution in [0, 0.1) is 5.92 Å². The van der Waals surface area contributed by atoms with E-state index in [-0.39, 0.29) is 10.8 Å². The smallest absolute Gasteiger partial charge is 0.307 e. The third-order valence-corrected chi connectivity index (χ3v) is 4.71. The molecule has 0 saturated carbocycles.